The SMILES string of the molecule is FC1(F)CC([Si](C=CCl)C2CC(F)(F)C2(F)F)C1(F)F. The van der Waals surface area contributed by atoms with Crippen molar-refractivity contribution in [3.8, 4) is 0 Å². The van der Waals surface area contributed by atoms with Crippen molar-refractivity contribution >= 4 is 20.4 Å². The Kier molecular flexibility index (Phi) is 3.49. The maximum Gasteiger partial charge on any atom is 0.311 e. The van der Waals surface area contributed by atoms with Crippen LogP contribution in [0, 0.1) is 0 Å². The van der Waals surface area contributed by atoms with E-state index in [-0.39, 0.29) is 0 Å². The largest absolute Gasteiger partial charge is 0.311 e. The van der Waals surface area contributed by atoms with Crippen molar-refractivity contribution in [1.29, 1.82) is 0 Å². The van der Waals surface area contributed by atoms with Gasteiger partial charge in [-0.3, -0.25) is 0 Å². The lowest BCUT2D eigenvalue weighted by Crippen LogP contribution is -2.66. The molecule has 0 aromatic heterocycles. The first-order valence-electron chi connectivity index (χ1n) is 5.53. The summed E-state index contributed by atoms with van der Waals surface area (Å²) in [5.74, 6) is -17.5. The van der Waals surface area contributed by atoms with Gasteiger partial charge in [0.05, 0.1) is 8.80 Å². The molecule has 0 aromatic carbocycles. The highest BCUT2D eigenvalue weighted by molar-refractivity contribution is 6.69. The number of halogens is 9. The molecule has 0 N–H and O–H groups in total. The number of rotatable bonds is 3. The highest BCUT2D eigenvalue weighted by atomic mass is 35.5. The van der Waals surface area contributed by atoms with Gasteiger partial charge in [-0.25, -0.2) is 0 Å². The summed E-state index contributed by atoms with van der Waals surface area (Å²) in [6.45, 7) is 0. The fourth-order valence-corrected chi connectivity index (χ4v) is 6.27. The molecule has 2 fully saturated rings. The fourth-order valence-electron chi connectivity index (χ4n) is 2.49. The predicted octanol–water partition coefficient (Wildman–Crippen LogP) is 4.86. The molecule has 0 nitrogen and oxygen atoms in total. The Hall–Kier alpha value is -0.313. The molecule has 0 heterocycles. The fraction of sp³-hybridized carbons (Fsp3) is 0.800. The van der Waals surface area contributed by atoms with Gasteiger partial charge in [-0.2, -0.15) is 35.1 Å². The molecule has 2 rings (SSSR count). The summed E-state index contributed by atoms with van der Waals surface area (Å²) in [5.41, 5.74) is -2.62. The Morgan fingerprint density at radius 2 is 1.15 bits per heavy atom. The van der Waals surface area contributed by atoms with Crippen molar-refractivity contribution in [2.45, 2.75) is 47.6 Å². The van der Waals surface area contributed by atoms with Crippen LogP contribution in [0.25, 0.3) is 0 Å². The van der Waals surface area contributed by atoms with Crippen molar-refractivity contribution in [2.24, 2.45) is 0 Å². The molecule has 0 bridgehead atoms. The average molecular weight is 344 g/mol. The molecule has 2 saturated carbocycles. The number of hydrogen-bond acceptors (Lipinski definition) is 0. The number of hydrogen-bond donors (Lipinski definition) is 0. The topological polar surface area (TPSA) is 0 Å². The first-order valence-corrected chi connectivity index (χ1v) is 7.70. The normalized spacial score (nSPS) is 36.7. The molecule has 2 atom stereocenters. The van der Waals surface area contributed by atoms with E-state index in [1.807, 2.05) is 0 Å². The van der Waals surface area contributed by atoms with Gasteiger partial charge in [-0.05, 0) is 5.54 Å². The standard InChI is InChI=1S/C10H8ClF8Si/c11-1-2-20(5-3-7(12,13)9(5,16)17)6-4-8(14,15)10(6,18)19/h1-2,5-6H,3-4H2. The average Bonchev–Trinajstić information content (AvgIpc) is 2.31. The molecule has 1 radical (unpaired) electrons. The van der Waals surface area contributed by atoms with Gasteiger partial charge in [0.15, 0.2) is 0 Å². The minimum atomic E-state index is -4.46. The van der Waals surface area contributed by atoms with Crippen LogP contribution >= 0.6 is 11.6 Å². The smallest absolute Gasteiger partial charge is 0.200 e. The van der Waals surface area contributed by atoms with Crippen LogP contribution in [-0.2, 0) is 0 Å². The second-order valence-electron chi connectivity index (χ2n) is 4.96. The van der Waals surface area contributed by atoms with Crippen LogP contribution in [0.3, 0.4) is 0 Å². The summed E-state index contributed by atoms with van der Waals surface area (Å²) in [6, 6.07) is 0. The van der Waals surface area contributed by atoms with Crippen LogP contribution in [0.2, 0.25) is 11.1 Å². The zero-order valence-corrected chi connectivity index (χ0v) is 11.4. The van der Waals surface area contributed by atoms with E-state index in [2.05, 4.69) is 0 Å². The van der Waals surface area contributed by atoms with E-state index in [9.17, 15) is 35.1 Å². The predicted molar refractivity (Wildman–Crippen MR) is 57.3 cm³/mol. The summed E-state index contributed by atoms with van der Waals surface area (Å²) < 4.78 is 104. The van der Waals surface area contributed by atoms with Gasteiger partial charge in [0.25, 0.3) is 0 Å². The van der Waals surface area contributed by atoms with Crippen LogP contribution in [0.5, 0.6) is 0 Å². The van der Waals surface area contributed by atoms with Crippen molar-refractivity contribution in [3.63, 3.8) is 0 Å². The first-order chi connectivity index (χ1) is 8.88. The van der Waals surface area contributed by atoms with Gasteiger partial charge in [0.1, 0.15) is 0 Å². The summed E-state index contributed by atoms with van der Waals surface area (Å²) in [4.78, 5) is 0. The van der Waals surface area contributed by atoms with Crippen LogP contribution in [0.1, 0.15) is 12.8 Å². The third-order valence-electron chi connectivity index (χ3n) is 3.83. The zero-order chi connectivity index (χ0) is 15.6. The van der Waals surface area contributed by atoms with E-state index < -0.39 is 56.4 Å². The molecule has 0 spiro atoms. The molecule has 0 aliphatic heterocycles. The van der Waals surface area contributed by atoms with Gasteiger partial charge in [-0.15, -0.1) is 0 Å². The van der Waals surface area contributed by atoms with Gasteiger partial charge in [-0.1, -0.05) is 17.3 Å². The van der Waals surface area contributed by atoms with Gasteiger partial charge in [0, 0.05) is 23.9 Å². The van der Waals surface area contributed by atoms with Crippen LogP contribution in [-0.4, -0.2) is 32.5 Å². The van der Waals surface area contributed by atoms with E-state index in [0.717, 1.165) is 5.70 Å². The van der Waals surface area contributed by atoms with Crippen molar-refractivity contribution in [2.75, 3.05) is 0 Å². The molecule has 2 aliphatic rings. The monoisotopic (exact) mass is 343 g/mol. The van der Waals surface area contributed by atoms with E-state index in [1.165, 1.54) is 0 Å². The minimum absolute atomic E-state index is 0.660. The van der Waals surface area contributed by atoms with Crippen LogP contribution < -0.4 is 0 Å². The van der Waals surface area contributed by atoms with Gasteiger partial charge >= 0.3 is 23.7 Å². The van der Waals surface area contributed by atoms with Crippen molar-refractivity contribution < 1.29 is 35.1 Å². The highest BCUT2D eigenvalue weighted by Gasteiger charge is 2.79. The Labute approximate surface area is 115 Å². The minimum Gasteiger partial charge on any atom is -0.200 e. The second-order valence-corrected chi connectivity index (χ2v) is 7.94. The quantitative estimate of drug-likeness (QED) is 0.507. The van der Waals surface area contributed by atoms with E-state index in [0.29, 0.717) is 5.54 Å². The van der Waals surface area contributed by atoms with E-state index in [1.54, 1.807) is 0 Å². The summed E-state index contributed by atoms with van der Waals surface area (Å²) in [5, 5.41) is 0. The second kappa shape index (κ2) is 4.34. The molecule has 10 heteroatoms. The molecule has 0 amide bonds. The molecule has 2 aliphatic carbocycles. The van der Waals surface area contributed by atoms with Crippen LogP contribution in [0.4, 0.5) is 35.1 Å². The lowest BCUT2D eigenvalue weighted by atomic mass is 9.87. The molecule has 2 unspecified atom stereocenters. The Morgan fingerprint density at radius 3 is 1.35 bits per heavy atom. The summed E-state index contributed by atoms with van der Waals surface area (Å²) in [7, 11) is -3.01. The first kappa shape index (κ1) is 16.1. The Bertz CT molecular complexity index is 401. The van der Waals surface area contributed by atoms with Gasteiger partial charge < -0.3 is 0 Å². The molecular weight excluding hydrogens is 336 g/mol. The summed E-state index contributed by atoms with van der Waals surface area (Å²) >= 11 is 5.16. The van der Waals surface area contributed by atoms with E-state index in [4.69, 9.17) is 11.6 Å². The molecule has 0 saturated heterocycles. The van der Waals surface area contributed by atoms with E-state index >= 15 is 0 Å². The zero-order valence-electron chi connectivity index (χ0n) is 9.63. The molecule has 115 valence electrons. The Balaban J connectivity index is 2.24. The third kappa shape index (κ3) is 1.92. The third-order valence-corrected chi connectivity index (χ3v) is 7.46. The highest BCUT2D eigenvalue weighted by Crippen LogP contribution is 2.67. The van der Waals surface area contributed by atoms with Crippen LogP contribution in [0.15, 0.2) is 11.2 Å². The maximum atomic E-state index is 13.3. The molecule has 20 heavy (non-hydrogen) atoms. The maximum absolute atomic E-state index is 13.3. The van der Waals surface area contributed by atoms with Gasteiger partial charge in [0.2, 0.25) is 0 Å². The van der Waals surface area contributed by atoms with Crippen molar-refractivity contribution in [1.82, 2.24) is 0 Å². The number of alkyl halides is 8. The Morgan fingerprint density at radius 1 is 0.800 bits per heavy atom. The summed E-state index contributed by atoms with van der Waals surface area (Å²) in [6.07, 6.45) is -2.57. The molecule has 0 aromatic rings. The van der Waals surface area contributed by atoms with Crippen molar-refractivity contribution in [3.05, 3.63) is 11.2 Å². The lowest BCUT2D eigenvalue weighted by Gasteiger charge is -2.53. The lowest BCUT2D eigenvalue weighted by molar-refractivity contribution is -0.286. The molecular formula is C10H8ClF8Si.